The molecule has 0 aliphatic heterocycles. The molecule has 0 nitrogen and oxygen atoms in total. The first-order valence-electron chi connectivity index (χ1n) is 4.31. The lowest BCUT2D eigenvalue weighted by Crippen LogP contribution is -2.20. The van der Waals surface area contributed by atoms with Crippen molar-refractivity contribution in [2.24, 2.45) is 0 Å². The molecule has 0 spiro atoms. The molecule has 0 saturated heterocycles. The number of hydrogen-bond acceptors (Lipinski definition) is 1. The van der Waals surface area contributed by atoms with Gasteiger partial charge in [-0.2, -0.15) is 11.8 Å². The van der Waals surface area contributed by atoms with Crippen molar-refractivity contribution < 1.29 is 0 Å². The normalized spacial score (nSPS) is 11.7. The molecule has 1 aromatic carbocycles. The van der Waals surface area contributed by atoms with Crippen LogP contribution in [-0.2, 0) is 5.41 Å². The fraction of sp³-hybridized carbons (Fsp3) is 0.455. The van der Waals surface area contributed by atoms with E-state index in [0.717, 1.165) is 5.75 Å². The fourth-order valence-electron chi connectivity index (χ4n) is 1.35. The van der Waals surface area contributed by atoms with Crippen LogP contribution in [0.3, 0.4) is 0 Å². The van der Waals surface area contributed by atoms with Crippen molar-refractivity contribution in [1.82, 2.24) is 0 Å². The molecule has 0 N–H and O–H groups in total. The van der Waals surface area contributed by atoms with E-state index in [0.29, 0.717) is 0 Å². The predicted molar refractivity (Wildman–Crippen MR) is 65.6 cm³/mol. The fourth-order valence-corrected chi connectivity index (χ4v) is 2.64. The molecular weight excluding hydrogens is 244 g/mol. The second kappa shape index (κ2) is 4.52. The van der Waals surface area contributed by atoms with Crippen LogP contribution >= 0.6 is 27.7 Å². The summed E-state index contributed by atoms with van der Waals surface area (Å²) in [4.78, 5) is 0. The van der Waals surface area contributed by atoms with Crippen LogP contribution in [0.25, 0.3) is 0 Å². The van der Waals surface area contributed by atoms with Crippen molar-refractivity contribution in [3.8, 4) is 0 Å². The molecule has 1 rings (SSSR count). The van der Waals surface area contributed by atoms with Gasteiger partial charge in [-0.15, -0.1) is 0 Å². The minimum Gasteiger partial charge on any atom is -0.165 e. The largest absolute Gasteiger partial charge is 0.165 e. The molecule has 2 heteroatoms. The van der Waals surface area contributed by atoms with Gasteiger partial charge >= 0.3 is 0 Å². The van der Waals surface area contributed by atoms with Crippen LogP contribution in [-0.4, -0.2) is 12.0 Å². The van der Waals surface area contributed by atoms with Crippen LogP contribution < -0.4 is 0 Å². The Labute approximate surface area is 93.2 Å². The average Bonchev–Trinajstić information content (AvgIpc) is 2.04. The van der Waals surface area contributed by atoms with E-state index in [1.54, 1.807) is 0 Å². The van der Waals surface area contributed by atoms with Gasteiger partial charge in [0.1, 0.15) is 0 Å². The summed E-state index contributed by atoms with van der Waals surface area (Å²) in [5, 5.41) is 0. The third-order valence-corrected chi connectivity index (χ3v) is 3.61. The summed E-state index contributed by atoms with van der Waals surface area (Å²) in [6.45, 7) is 4.57. The minimum atomic E-state index is 0.267. The summed E-state index contributed by atoms with van der Waals surface area (Å²) in [5.41, 5.74) is 1.67. The lowest BCUT2D eigenvalue weighted by molar-refractivity contribution is 0.602. The Morgan fingerprint density at radius 1 is 1.38 bits per heavy atom. The topological polar surface area (TPSA) is 0 Å². The maximum Gasteiger partial charge on any atom is 0.0178 e. The smallest absolute Gasteiger partial charge is 0.0178 e. The maximum atomic E-state index is 3.50. The van der Waals surface area contributed by atoms with Crippen molar-refractivity contribution in [1.29, 1.82) is 0 Å². The number of hydrogen-bond donors (Lipinski definition) is 0. The van der Waals surface area contributed by atoms with Gasteiger partial charge in [0.2, 0.25) is 0 Å². The van der Waals surface area contributed by atoms with Crippen molar-refractivity contribution >= 4 is 27.7 Å². The van der Waals surface area contributed by atoms with E-state index in [1.165, 1.54) is 10.0 Å². The number of rotatable bonds is 3. The first-order valence-corrected chi connectivity index (χ1v) is 6.50. The lowest BCUT2D eigenvalue weighted by Gasteiger charge is -2.24. The Morgan fingerprint density at radius 2 is 2.08 bits per heavy atom. The molecule has 0 radical (unpaired) electrons. The van der Waals surface area contributed by atoms with Crippen molar-refractivity contribution in [3.63, 3.8) is 0 Å². The van der Waals surface area contributed by atoms with Gasteiger partial charge in [-0.3, -0.25) is 0 Å². The third kappa shape index (κ3) is 3.03. The van der Waals surface area contributed by atoms with Crippen molar-refractivity contribution in [2.75, 3.05) is 12.0 Å². The zero-order valence-electron chi connectivity index (χ0n) is 8.30. The van der Waals surface area contributed by atoms with E-state index in [1.807, 2.05) is 11.8 Å². The van der Waals surface area contributed by atoms with E-state index >= 15 is 0 Å². The van der Waals surface area contributed by atoms with Crippen LogP contribution in [0, 0.1) is 0 Å². The molecule has 72 valence electrons. The van der Waals surface area contributed by atoms with Crippen molar-refractivity contribution in [3.05, 3.63) is 34.3 Å². The molecule has 1 aromatic rings. The Kier molecular flexibility index (Phi) is 3.87. The highest BCUT2D eigenvalue weighted by molar-refractivity contribution is 9.10. The highest BCUT2D eigenvalue weighted by atomic mass is 79.9. The van der Waals surface area contributed by atoms with Crippen LogP contribution in [0.15, 0.2) is 28.7 Å². The molecule has 0 fully saturated rings. The van der Waals surface area contributed by atoms with Gasteiger partial charge in [0, 0.05) is 10.2 Å². The van der Waals surface area contributed by atoms with Gasteiger partial charge in [0.15, 0.2) is 0 Å². The molecule has 0 bridgehead atoms. The zero-order valence-corrected chi connectivity index (χ0v) is 10.7. The first kappa shape index (κ1) is 11.1. The standard InChI is InChI=1S/C11H15BrS/c1-11(2,8-13-3)9-5-4-6-10(12)7-9/h4-7H,8H2,1-3H3. The molecule has 13 heavy (non-hydrogen) atoms. The van der Waals surface area contributed by atoms with Crippen LogP contribution in [0.1, 0.15) is 19.4 Å². The number of benzene rings is 1. The Bertz CT molecular complexity index is 281. The highest BCUT2D eigenvalue weighted by Gasteiger charge is 2.19. The highest BCUT2D eigenvalue weighted by Crippen LogP contribution is 2.28. The van der Waals surface area contributed by atoms with Gasteiger partial charge in [-0.25, -0.2) is 0 Å². The van der Waals surface area contributed by atoms with E-state index < -0.39 is 0 Å². The molecule has 0 saturated carbocycles. The van der Waals surface area contributed by atoms with Gasteiger partial charge in [0.05, 0.1) is 0 Å². The number of halogens is 1. The Morgan fingerprint density at radius 3 is 2.62 bits per heavy atom. The monoisotopic (exact) mass is 258 g/mol. The van der Waals surface area contributed by atoms with Gasteiger partial charge in [-0.1, -0.05) is 41.9 Å². The van der Waals surface area contributed by atoms with Crippen LogP contribution in [0.2, 0.25) is 0 Å². The van der Waals surface area contributed by atoms with Gasteiger partial charge in [-0.05, 0) is 29.4 Å². The summed E-state index contributed by atoms with van der Waals surface area (Å²) in [5.74, 6) is 1.16. The van der Waals surface area contributed by atoms with E-state index in [4.69, 9.17) is 0 Å². The zero-order chi connectivity index (χ0) is 9.90. The third-order valence-electron chi connectivity index (χ3n) is 2.11. The summed E-state index contributed by atoms with van der Waals surface area (Å²) in [6.07, 6.45) is 2.15. The predicted octanol–water partition coefficient (Wildman–Crippen LogP) is 4.09. The molecule has 0 aliphatic carbocycles. The quantitative estimate of drug-likeness (QED) is 0.787. The molecule has 0 unspecified atom stereocenters. The van der Waals surface area contributed by atoms with Crippen LogP contribution in [0.5, 0.6) is 0 Å². The van der Waals surface area contributed by atoms with Gasteiger partial charge < -0.3 is 0 Å². The molecule has 0 amide bonds. The molecular formula is C11H15BrS. The Hall–Kier alpha value is 0.0500. The van der Waals surface area contributed by atoms with Crippen molar-refractivity contribution in [2.45, 2.75) is 19.3 Å². The summed E-state index contributed by atoms with van der Waals surface area (Å²) in [7, 11) is 0. The summed E-state index contributed by atoms with van der Waals surface area (Å²) in [6, 6.07) is 8.57. The minimum absolute atomic E-state index is 0.267. The molecule has 0 atom stereocenters. The summed E-state index contributed by atoms with van der Waals surface area (Å²) < 4.78 is 1.17. The Balaban J connectivity index is 2.93. The average molecular weight is 259 g/mol. The first-order chi connectivity index (χ1) is 6.06. The SMILES string of the molecule is CSCC(C)(C)c1cccc(Br)c1. The van der Waals surface area contributed by atoms with Crippen LogP contribution in [0.4, 0.5) is 0 Å². The van der Waals surface area contributed by atoms with Gasteiger partial charge in [0.25, 0.3) is 0 Å². The van der Waals surface area contributed by atoms with E-state index in [-0.39, 0.29) is 5.41 Å². The molecule has 0 aromatic heterocycles. The van der Waals surface area contributed by atoms with E-state index in [2.05, 4.69) is 60.3 Å². The lowest BCUT2D eigenvalue weighted by atomic mass is 9.87. The molecule has 0 heterocycles. The second-order valence-electron chi connectivity index (χ2n) is 3.83. The van der Waals surface area contributed by atoms with E-state index in [9.17, 15) is 0 Å². The maximum absolute atomic E-state index is 3.50. The second-order valence-corrected chi connectivity index (χ2v) is 5.61. The summed E-state index contributed by atoms with van der Waals surface area (Å²) >= 11 is 5.39. The number of thioether (sulfide) groups is 1. The molecule has 0 aliphatic rings.